The first-order valence-corrected chi connectivity index (χ1v) is 8.14. The highest BCUT2D eigenvalue weighted by Crippen LogP contribution is 2.30. The number of benzene rings is 2. The summed E-state index contributed by atoms with van der Waals surface area (Å²) in [5.74, 6) is 1.98. The molecule has 0 saturated carbocycles. The van der Waals surface area contributed by atoms with E-state index in [0.717, 1.165) is 5.75 Å². The Kier molecular flexibility index (Phi) is 5.21. The molecule has 24 heavy (non-hydrogen) atoms. The first-order chi connectivity index (χ1) is 11.8. The van der Waals surface area contributed by atoms with Crippen molar-refractivity contribution in [2.24, 2.45) is 0 Å². The van der Waals surface area contributed by atoms with E-state index < -0.39 is 6.10 Å². The Hall–Kier alpha value is -2.69. The second-order valence-electron chi connectivity index (χ2n) is 5.57. The molecular formula is C19H21NO4. The van der Waals surface area contributed by atoms with Gasteiger partial charge in [0.05, 0.1) is 6.54 Å². The van der Waals surface area contributed by atoms with Gasteiger partial charge in [-0.25, -0.2) is 0 Å². The summed E-state index contributed by atoms with van der Waals surface area (Å²) in [7, 11) is 0. The van der Waals surface area contributed by atoms with E-state index in [1.54, 1.807) is 0 Å². The van der Waals surface area contributed by atoms with E-state index in [9.17, 15) is 4.79 Å². The van der Waals surface area contributed by atoms with Crippen molar-refractivity contribution >= 4 is 5.91 Å². The van der Waals surface area contributed by atoms with Crippen LogP contribution in [0.15, 0.2) is 54.6 Å². The SMILES string of the molecule is CC[C@@H](Oc1ccccc1)C(=O)NC[C@@H]1COc2ccccc2O1. The molecule has 2 aromatic rings. The van der Waals surface area contributed by atoms with Crippen LogP contribution in [0.2, 0.25) is 0 Å². The lowest BCUT2D eigenvalue weighted by atomic mass is 10.2. The fourth-order valence-corrected chi connectivity index (χ4v) is 2.48. The third-order valence-corrected chi connectivity index (χ3v) is 3.76. The Morgan fingerprint density at radius 2 is 1.88 bits per heavy atom. The first kappa shape index (κ1) is 16.2. The predicted octanol–water partition coefficient (Wildman–Crippen LogP) is 2.80. The van der Waals surface area contributed by atoms with Crippen LogP contribution in [0.3, 0.4) is 0 Å². The number of ether oxygens (including phenoxy) is 3. The number of fused-ring (bicyclic) bond motifs is 1. The molecule has 3 rings (SSSR count). The highest BCUT2D eigenvalue weighted by Gasteiger charge is 2.23. The topological polar surface area (TPSA) is 56.8 Å². The van der Waals surface area contributed by atoms with E-state index in [-0.39, 0.29) is 12.0 Å². The van der Waals surface area contributed by atoms with Crippen molar-refractivity contribution in [1.29, 1.82) is 0 Å². The standard InChI is InChI=1S/C19H21NO4/c1-2-16(23-14-8-4-3-5-9-14)19(21)20-12-15-13-22-17-10-6-7-11-18(17)24-15/h3-11,15-16H,2,12-13H2,1H3,(H,20,21)/t15-,16-/m1/s1. The van der Waals surface area contributed by atoms with Gasteiger partial charge in [-0.1, -0.05) is 37.3 Å². The van der Waals surface area contributed by atoms with Crippen LogP contribution in [0.4, 0.5) is 0 Å². The summed E-state index contributed by atoms with van der Waals surface area (Å²) >= 11 is 0. The van der Waals surface area contributed by atoms with Crippen LogP contribution in [0.1, 0.15) is 13.3 Å². The molecule has 1 amide bonds. The lowest BCUT2D eigenvalue weighted by Crippen LogP contribution is -2.45. The van der Waals surface area contributed by atoms with Gasteiger partial charge in [-0.3, -0.25) is 4.79 Å². The van der Waals surface area contributed by atoms with Gasteiger partial charge in [0.25, 0.3) is 5.91 Å². The maximum Gasteiger partial charge on any atom is 0.261 e. The molecule has 1 N–H and O–H groups in total. The molecule has 5 nitrogen and oxygen atoms in total. The summed E-state index contributed by atoms with van der Waals surface area (Å²) in [5, 5.41) is 2.89. The molecule has 0 saturated heterocycles. The van der Waals surface area contributed by atoms with Gasteiger partial charge >= 0.3 is 0 Å². The average Bonchev–Trinajstić information content (AvgIpc) is 2.65. The highest BCUT2D eigenvalue weighted by atomic mass is 16.6. The Morgan fingerprint density at radius 3 is 2.62 bits per heavy atom. The van der Waals surface area contributed by atoms with Gasteiger partial charge in [0, 0.05) is 0 Å². The minimum atomic E-state index is -0.524. The molecule has 0 aliphatic carbocycles. The Morgan fingerprint density at radius 1 is 1.17 bits per heavy atom. The zero-order valence-electron chi connectivity index (χ0n) is 13.6. The van der Waals surface area contributed by atoms with Gasteiger partial charge < -0.3 is 19.5 Å². The van der Waals surface area contributed by atoms with E-state index in [4.69, 9.17) is 14.2 Å². The van der Waals surface area contributed by atoms with Crippen LogP contribution < -0.4 is 19.5 Å². The molecule has 2 aromatic carbocycles. The van der Waals surface area contributed by atoms with Crippen LogP contribution in [0.5, 0.6) is 17.2 Å². The maximum absolute atomic E-state index is 12.3. The van der Waals surface area contributed by atoms with Crippen molar-refractivity contribution in [2.75, 3.05) is 13.2 Å². The summed E-state index contributed by atoms with van der Waals surface area (Å²) < 4.78 is 17.2. The molecule has 1 heterocycles. The van der Waals surface area contributed by atoms with E-state index in [1.807, 2.05) is 61.5 Å². The molecule has 126 valence electrons. The lowest BCUT2D eigenvalue weighted by Gasteiger charge is -2.27. The number of rotatable bonds is 6. The lowest BCUT2D eigenvalue weighted by molar-refractivity contribution is -0.128. The summed E-state index contributed by atoms with van der Waals surface area (Å²) in [6.07, 6.45) is -0.145. The van der Waals surface area contributed by atoms with Gasteiger partial charge in [0.15, 0.2) is 17.6 Å². The van der Waals surface area contributed by atoms with Gasteiger partial charge in [0.2, 0.25) is 0 Å². The minimum absolute atomic E-state index is 0.149. The van der Waals surface area contributed by atoms with E-state index in [2.05, 4.69) is 5.32 Å². The van der Waals surface area contributed by atoms with Crippen molar-refractivity contribution in [3.63, 3.8) is 0 Å². The van der Waals surface area contributed by atoms with Crippen LogP contribution >= 0.6 is 0 Å². The van der Waals surface area contributed by atoms with Crippen molar-refractivity contribution in [1.82, 2.24) is 5.32 Å². The largest absolute Gasteiger partial charge is 0.486 e. The second kappa shape index (κ2) is 7.73. The summed E-state index contributed by atoms with van der Waals surface area (Å²) in [4.78, 5) is 12.3. The third kappa shape index (κ3) is 3.98. The Balaban J connectivity index is 1.51. The average molecular weight is 327 g/mol. The number of amides is 1. The molecule has 0 radical (unpaired) electrons. The Bertz CT molecular complexity index is 674. The summed E-state index contributed by atoms with van der Waals surface area (Å²) in [6.45, 7) is 2.71. The molecule has 0 fully saturated rings. The number of carbonyl (C=O) groups is 1. The fourth-order valence-electron chi connectivity index (χ4n) is 2.48. The normalized spacial score (nSPS) is 17.0. The van der Waals surface area contributed by atoms with Crippen LogP contribution in [0.25, 0.3) is 0 Å². The van der Waals surface area contributed by atoms with Crippen LogP contribution in [0, 0.1) is 0 Å². The van der Waals surface area contributed by atoms with Gasteiger partial charge in [-0.2, -0.15) is 0 Å². The highest BCUT2D eigenvalue weighted by molar-refractivity contribution is 5.81. The summed E-state index contributed by atoms with van der Waals surface area (Å²) in [5.41, 5.74) is 0. The maximum atomic E-state index is 12.3. The van der Waals surface area contributed by atoms with E-state index in [1.165, 1.54) is 0 Å². The van der Waals surface area contributed by atoms with Crippen molar-refractivity contribution in [2.45, 2.75) is 25.6 Å². The molecule has 0 bridgehead atoms. The number of para-hydroxylation sites is 3. The zero-order valence-corrected chi connectivity index (χ0v) is 13.6. The van der Waals surface area contributed by atoms with Crippen molar-refractivity contribution in [3.05, 3.63) is 54.6 Å². The fraction of sp³-hybridized carbons (Fsp3) is 0.316. The number of hydrogen-bond acceptors (Lipinski definition) is 4. The molecule has 0 aromatic heterocycles. The van der Waals surface area contributed by atoms with Crippen molar-refractivity contribution < 1.29 is 19.0 Å². The van der Waals surface area contributed by atoms with Crippen molar-refractivity contribution in [3.8, 4) is 17.2 Å². The molecule has 1 aliphatic rings. The summed E-state index contributed by atoms with van der Waals surface area (Å²) in [6, 6.07) is 16.9. The quantitative estimate of drug-likeness (QED) is 0.886. The number of hydrogen-bond donors (Lipinski definition) is 1. The molecule has 0 spiro atoms. The number of carbonyl (C=O) groups excluding carboxylic acids is 1. The van der Waals surface area contributed by atoms with E-state index in [0.29, 0.717) is 31.1 Å². The zero-order chi connectivity index (χ0) is 16.8. The first-order valence-electron chi connectivity index (χ1n) is 8.14. The van der Waals surface area contributed by atoms with Crippen LogP contribution in [-0.4, -0.2) is 31.3 Å². The van der Waals surface area contributed by atoms with Gasteiger partial charge in [-0.05, 0) is 30.7 Å². The molecule has 5 heteroatoms. The van der Waals surface area contributed by atoms with Gasteiger partial charge in [0.1, 0.15) is 18.5 Å². The predicted molar refractivity (Wildman–Crippen MR) is 90.5 cm³/mol. The third-order valence-electron chi connectivity index (χ3n) is 3.76. The molecule has 1 aliphatic heterocycles. The second-order valence-corrected chi connectivity index (χ2v) is 5.57. The van der Waals surface area contributed by atoms with Crippen LogP contribution in [-0.2, 0) is 4.79 Å². The molecule has 2 atom stereocenters. The van der Waals surface area contributed by atoms with E-state index >= 15 is 0 Å². The molecular weight excluding hydrogens is 306 g/mol. The molecule has 0 unspecified atom stereocenters. The Labute approximate surface area is 141 Å². The minimum Gasteiger partial charge on any atom is -0.486 e. The number of nitrogens with one attached hydrogen (secondary N) is 1. The monoisotopic (exact) mass is 327 g/mol. The van der Waals surface area contributed by atoms with Gasteiger partial charge in [-0.15, -0.1) is 0 Å². The smallest absolute Gasteiger partial charge is 0.261 e.